The highest BCUT2D eigenvalue weighted by atomic mass is 19.1. The predicted molar refractivity (Wildman–Crippen MR) is 104 cm³/mol. The third-order valence-electron chi connectivity index (χ3n) is 3.77. The second kappa shape index (κ2) is 8.72. The van der Waals surface area contributed by atoms with E-state index in [1.165, 1.54) is 25.4 Å². The van der Waals surface area contributed by atoms with Crippen LogP contribution in [0.15, 0.2) is 60.9 Å². The lowest BCUT2D eigenvalue weighted by atomic mass is 10.2. The fourth-order valence-electron chi connectivity index (χ4n) is 2.40. The zero-order valence-electron chi connectivity index (χ0n) is 15.1. The quantitative estimate of drug-likeness (QED) is 0.611. The first-order valence-corrected chi connectivity index (χ1v) is 8.49. The molecule has 0 fully saturated rings. The van der Waals surface area contributed by atoms with Gasteiger partial charge in [-0.25, -0.2) is 14.4 Å². The molecule has 0 aliphatic rings. The first-order chi connectivity index (χ1) is 13.5. The third-order valence-corrected chi connectivity index (χ3v) is 3.77. The molecule has 2 aromatic carbocycles. The van der Waals surface area contributed by atoms with Gasteiger partial charge in [-0.1, -0.05) is 18.2 Å². The maximum atomic E-state index is 13.6. The summed E-state index contributed by atoms with van der Waals surface area (Å²) < 4.78 is 13.6. The minimum absolute atomic E-state index is 0.0756. The second-order valence-corrected chi connectivity index (χ2v) is 5.95. The topological polar surface area (TPSA) is 96.0 Å². The van der Waals surface area contributed by atoms with Crippen molar-refractivity contribution in [3.63, 3.8) is 0 Å². The van der Waals surface area contributed by atoms with E-state index in [4.69, 9.17) is 0 Å². The highest BCUT2D eigenvalue weighted by Gasteiger charge is 2.09. The van der Waals surface area contributed by atoms with Gasteiger partial charge in [0.25, 0.3) is 5.91 Å². The predicted octanol–water partition coefficient (Wildman–Crippen LogP) is 3.25. The molecule has 7 nitrogen and oxygen atoms in total. The molecular weight excluding hydrogens is 361 g/mol. The van der Waals surface area contributed by atoms with Crippen LogP contribution in [0.25, 0.3) is 0 Å². The van der Waals surface area contributed by atoms with E-state index in [2.05, 4.69) is 25.9 Å². The van der Waals surface area contributed by atoms with Crippen LogP contribution in [0, 0.1) is 5.82 Å². The number of aromatic nitrogens is 2. The van der Waals surface area contributed by atoms with Gasteiger partial charge >= 0.3 is 0 Å². The van der Waals surface area contributed by atoms with Crippen LogP contribution in [0.5, 0.6) is 0 Å². The molecular formula is C20H18FN5O2. The minimum atomic E-state index is -0.394. The van der Waals surface area contributed by atoms with Crippen molar-refractivity contribution in [2.75, 3.05) is 10.6 Å². The van der Waals surface area contributed by atoms with Gasteiger partial charge in [0, 0.05) is 42.8 Å². The summed E-state index contributed by atoms with van der Waals surface area (Å²) in [4.78, 5) is 31.4. The number of hydrogen-bond donors (Lipinski definition) is 3. The van der Waals surface area contributed by atoms with Crippen LogP contribution >= 0.6 is 0 Å². The molecule has 1 heterocycles. The Morgan fingerprint density at radius 3 is 2.25 bits per heavy atom. The van der Waals surface area contributed by atoms with Crippen LogP contribution in [-0.2, 0) is 11.3 Å². The van der Waals surface area contributed by atoms with Gasteiger partial charge in [-0.3, -0.25) is 9.59 Å². The Kier molecular flexibility index (Phi) is 5.91. The van der Waals surface area contributed by atoms with E-state index in [1.54, 1.807) is 42.5 Å². The van der Waals surface area contributed by atoms with Crippen molar-refractivity contribution in [1.82, 2.24) is 15.3 Å². The lowest BCUT2D eigenvalue weighted by Crippen LogP contribution is -2.23. The van der Waals surface area contributed by atoms with E-state index in [0.717, 1.165) is 5.69 Å². The van der Waals surface area contributed by atoms with Crippen LogP contribution < -0.4 is 16.0 Å². The summed E-state index contributed by atoms with van der Waals surface area (Å²) >= 11 is 0. The van der Waals surface area contributed by atoms with Gasteiger partial charge in [-0.05, 0) is 30.3 Å². The molecule has 3 N–H and O–H groups in total. The smallest absolute Gasteiger partial charge is 0.254 e. The van der Waals surface area contributed by atoms with Crippen molar-refractivity contribution in [2.24, 2.45) is 0 Å². The fourth-order valence-corrected chi connectivity index (χ4v) is 2.40. The Balaban J connectivity index is 1.57. The highest BCUT2D eigenvalue weighted by molar-refractivity contribution is 5.93. The molecule has 0 atom stereocenters. The van der Waals surface area contributed by atoms with E-state index >= 15 is 0 Å². The number of hydrogen-bond acceptors (Lipinski definition) is 5. The molecule has 0 aliphatic heterocycles. The lowest BCUT2D eigenvalue weighted by Gasteiger charge is -2.08. The summed E-state index contributed by atoms with van der Waals surface area (Å²) in [6, 6.07) is 13.3. The van der Waals surface area contributed by atoms with Crippen molar-refractivity contribution in [2.45, 2.75) is 13.5 Å². The van der Waals surface area contributed by atoms with Crippen molar-refractivity contribution in [1.29, 1.82) is 0 Å². The van der Waals surface area contributed by atoms with E-state index in [1.807, 2.05) is 0 Å². The number of nitrogens with one attached hydrogen (secondary N) is 3. The summed E-state index contributed by atoms with van der Waals surface area (Å²) in [5.74, 6) is -0.594. The van der Waals surface area contributed by atoms with Gasteiger partial charge in [0.05, 0.1) is 5.56 Å². The second-order valence-electron chi connectivity index (χ2n) is 5.95. The number of carbonyl (C=O) groups excluding carboxylic acids is 2. The number of benzene rings is 2. The standard InChI is InChI=1S/C20H18FN5O2/c1-13(27)25-16-6-8-17(9-7-16)26-20-23-11-15(12-24-20)19(28)22-10-14-4-2-3-5-18(14)21/h2-9,11-12H,10H2,1H3,(H,22,28)(H,25,27)(H,23,24,26). The van der Waals surface area contributed by atoms with Crippen LogP contribution in [0.3, 0.4) is 0 Å². The van der Waals surface area contributed by atoms with Crippen molar-refractivity contribution in [3.05, 3.63) is 77.9 Å². The fraction of sp³-hybridized carbons (Fsp3) is 0.100. The Hall–Kier alpha value is -3.81. The van der Waals surface area contributed by atoms with E-state index in [0.29, 0.717) is 17.2 Å². The van der Waals surface area contributed by atoms with Crippen LogP contribution in [0.2, 0.25) is 0 Å². The van der Waals surface area contributed by atoms with Crippen LogP contribution in [0.4, 0.5) is 21.7 Å². The highest BCUT2D eigenvalue weighted by Crippen LogP contribution is 2.16. The number of nitrogens with zero attached hydrogens (tertiary/aromatic N) is 2. The minimum Gasteiger partial charge on any atom is -0.348 e. The number of rotatable bonds is 6. The van der Waals surface area contributed by atoms with Gasteiger partial charge in [-0.2, -0.15) is 0 Å². The molecule has 0 unspecified atom stereocenters. The summed E-state index contributed by atoms with van der Waals surface area (Å²) in [5, 5.41) is 8.31. The first kappa shape index (κ1) is 19.0. The van der Waals surface area contributed by atoms with E-state index in [-0.39, 0.29) is 23.8 Å². The molecule has 0 saturated heterocycles. The van der Waals surface area contributed by atoms with Gasteiger partial charge in [-0.15, -0.1) is 0 Å². The van der Waals surface area contributed by atoms with E-state index < -0.39 is 5.91 Å². The third kappa shape index (κ3) is 5.10. The summed E-state index contributed by atoms with van der Waals surface area (Å²) in [5.41, 5.74) is 2.08. The van der Waals surface area contributed by atoms with E-state index in [9.17, 15) is 14.0 Å². The number of halogens is 1. The van der Waals surface area contributed by atoms with Gasteiger partial charge in [0.2, 0.25) is 11.9 Å². The lowest BCUT2D eigenvalue weighted by molar-refractivity contribution is -0.114. The molecule has 0 radical (unpaired) electrons. The summed E-state index contributed by atoms with van der Waals surface area (Å²) in [6.45, 7) is 1.51. The largest absolute Gasteiger partial charge is 0.348 e. The van der Waals surface area contributed by atoms with Crippen molar-refractivity contribution in [3.8, 4) is 0 Å². The summed E-state index contributed by atoms with van der Waals surface area (Å²) in [6.07, 6.45) is 2.77. The maximum absolute atomic E-state index is 13.6. The Morgan fingerprint density at radius 2 is 1.61 bits per heavy atom. The molecule has 142 valence electrons. The molecule has 0 bridgehead atoms. The number of carbonyl (C=O) groups is 2. The molecule has 0 aliphatic carbocycles. The van der Waals surface area contributed by atoms with Gasteiger partial charge < -0.3 is 16.0 Å². The van der Waals surface area contributed by atoms with Gasteiger partial charge in [0.1, 0.15) is 5.82 Å². The molecule has 3 aromatic rings. The summed E-state index contributed by atoms with van der Waals surface area (Å²) in [7, 11) is 0. The molecule has 1 aromatic heterocycles. The molecule has 0 spiro atoms. The SMILES string of the molecule is CC(=O)Nc1ccc(Nc2ncc(C(=O)NCc3ccccc3F)cn2)cc1. The maximum Gasteiger partial charge on any atom is 0.254 e. The Morgan fingerprint density at radius 1 is 0.964 bits per heavy atom. The molecule has 28 heavy (non-hydrogen) atoms. The zero-order valence-corrected chi connectivity index (χ0v) is 15.1. The van der Waals surface area contributed by atoms with Crippen LogP contribution in [0.1, 0.15) is 22.8 Å². The van der Waals surface area contributed by atoms with Crippen LogP contribution in [-0.4, -0.2) is 21.8 Å². The average Bonchev–Trinajstić information content (AvgIpc) is 2.69. The average molecular weight is 379 g/mol. The van der Waals surface area contributed by atoms with Crippen molar-refractivity contribution < 1.29 is 14.0 Å². The first-order valence-electron chi connectivity index (χ1n) is 8.49. The number of amides is 2. The Bertz CT molecular complexity index is 975. The Labute approximate surface area is 161 Å². The molecule has 3 rings (SSSR count). The normalized spacial score (nSPS) is 10.2. The van der Waals surface area contributed by atoms with Gasteiger partial charge in [0.15, 0.2) is 0 Å². The monoisotopic (exact) mass is 379 g/mol. The van der Waals surface area contributed by atoms with Crippen molar-refractivity contribution >= 4 is 29.1 Å². The molecule has 2 amide bonds. The number of anilines is 3. The molecule has 8 heteroatoms. The zero-order chi connectivity index (χ0) is 19.9. The molecule has 0 saturated carbocycles.